The number of ether oxygens (including phenoxy) is 2. The number of amides is 1. The van der Waals surface area contributed by atoms with Gasteiger partial charge in [-0.1, -0.05) is 48.0 Å². The van der Waals surface area contributed by atoms with Gasteiger partial charge in [-0.25, -0.2) is 0 Å². The van der Waals surface area contributed by atoms with Crippen LogP contribution in [0.4, 0.5) is 5.69 Å². The first-order chi connectivity index (χ1) is 15.5. The van der Waals surface area contributed by atoms with Gasteiger partial charge in [-0.3, -0.25) is 4.79 Å². The van der Waals surface area contributed by atoms with E-state index in [-0.39, 0.29) is 12.5 Å². The van der Waals surface area contributed by atoms with E-state index >= 15 is 0 Å². The average Bonchev–Trinajstić information content (AvgIpc) is 2.80. The van der Waals surface area contributed by atoms with Crippen LogP contribution in [0.2, 0.25) is 0 Å². The van der Waals surface area contributed by atoms with Crippen molar-refractivity contribution in [2.24, 2.45) is 0 Å². The van der Waals surface area contributed by atoms with E-state index in [2.05, 4.69) is 26.6 Å². The molecule has 0 fully saturated rings. The summed E-state index contributed by atoms with van der Waals surface area (Å²) in [4.78, 5) is 12.2. The summed E-state index contributed by atoms with van der Waals surface area (Å²) in [5.41, 5.74) is 3.66. The monoisotopic (exact) mass is 498 g/mol. The molecule has 0 aliphatic rings. The van der Waals surface area contributed by atoms with Crippen molar-refractivity contribution in [3.8, 4) is 11.5 Å². The summed E-state index contributed by atoms with van der Waals surface area (Å²) in [6.45, 7) is 2.79. The summed E-state index contributed by atoms with van der Waals surface area (Å²) in [5, 5.41) is 16.3. The Hall–Kier alpha value is -2.87. The van der Waals surface area contributed by atoms with E-state index in [0.717, 1.165) is 16.7 Å². The van der Waals surface area contributed by atoms with Gasteiger partial charge in [-0.2, -0.15) is 0 Å². The third kappa shape index (κ3) is 6.82. The Morgan fingerprint density at radius 1 is 1.09 bits per heavy atom. The van der Waals surface area contributed by atoms with Gasteiger partial charge in [0.15, 0.2) is 18.1 Å². The molecule has 168 valence electrons. The number of methoxy groups -OCH3 is 1. The van der Waals surface area contributed by atoms with Crippen LogP contribution < -0.4 is 20.1 Å². The first kappa shape index (κ1) is 23.8. The molecule has 0 aromatic heterocycles. The first-order valence-electron chi connectivity index (χ1n) is 10.3. The van der Waals surface area contributed by atoms with Crippen LogP contribution in [0.1, 0.15) is 22.8 Å². The van der Waals surface area contributed by atoms with Gasteiger partial charge in [0.2, 0.25) is 0 Å². The molecule has 32 heavy (non-hydrogen) atoms. The molecule has 7 heteroatoms. The molecule has 0 saturated heterocycles. The van der Waals surface area contributed by atoms with E-state index in [4.69, 9.17) is 9.47 Å². The predicted octanol–water partition coefficient (Wildman–Crippen LogP) is 4.61. The highest BCUT2D eigenvalue weighted by Gasteiger charge is 2.14. The second-order valence-electron chi connectivity index (χ2n) is 7.37. The maximum atomic E-state index is 12.2. The summed E-state index contributed by atoms with van der Waals surface area (Å²) >= 11 is 3.51. The zero-order valence-electron chi connectivity index (χ0n) is 18.1. The molecule has 1 unspecified atom stereocenters. The van der Waals surface area contributed by atoms with Gasteiger partial charge in [0, 0.05) is 18.8 Å². The smallest absolute Gasteiger partial charge is 0.262 e. The van der Waals surface area contributed by atoms with E-state index in [1.165, 1.54) is 0 Å². The lowest BCUT2D eigenvalue weighted by Gasteiger charge is -2.16. The van der Waals surface area contributed by atoms with Crippen LogP contribution in [0.5, 0.6) is 11.5 Å². The lowest BCUT2D eigenvalue weighted by molar-refractivity contribution is -0.118. The van der Waals surface area contributed by atoms with Crippen molar-refractivity contribution in [1.82, 2.24) is 5.32 Å². The standard InChI is InChI=1S/C25H27BrN2O4/c1-17-8-10-20(11-9-17)28-24(30)16-32-25-21(26)12-18(13-23(25)31-2)14-27-15-22(29)19-6-4-3-5-7-19/h3-13,22,27,29H,14-16H2,1-2H3,(H,28,30). The van der Waals surface area contributed by atoms with Crippen molar-refractivity contribution >= 4 is 27.5 Å². The molecule has 3 N–H and O–H groups in total. The molecule has 6 nitrogen and oxygen atoms in total. The van der Waals surface area contributed by atoms with Crippen molar-refractivity contribution in [2.45, 2.75) is 19.6 Å². The molecule has 0 bridgehead atoms. The molecule has 0 radical (unpaired) electrons. The minimum atomic E-state index is -0.587. The topological polar surface area (TPSA) is 79.8 Å². The number of nitrogens with one attached hydrogen (secondary N) is 2. The average molecular weight is 499 g/mol. The predicted molar refractivity (Wildman–Crippen MR) is 129 cm³/mol. The molecule has 0 aliphatic carbocycles. The van der Waals surface area contributed by atoms with Gasteiger partial charge in [0.1, 0.15) is 0 Å². The molecule has 0 saturated carbocycles. The molecule has 3 aromatic carbocycles. The Labute approximate surface area is 196 Å². The fraction of sp³-hybridized carbons (Fsp3) is 0.240. The number of carbonyl (C=O) groups is 1. The second-order valence-corrected chi connectivity index (χ2v) is 8.22. The third-order valence-corrected chi connectivity index (χ3v) is 5.41. The lowest BCUT2D eigenvalue weighted by Crippen LogP contribution is -2.21. The van der Waals surface area contributed by atoms with Crippen molar-refractivity contribution in [3.05, 3.63) is 87.9 Å². The van der Waals surface area contributed by atoms with Gasteiger partial charge < -0.3 is 25.2 Å². The van der Waals surface area contributed by atoms with Gasteiger partial charge in [-0.05, 0) is 58.2 Å². The fourth-order valence-electron chi connectivity index (χ4n) is 3.13. The Morgan fingerprint density at radius 3 is 2.50 bits per heavy atom. The highest BCUT2D eigenvalue weighted by Crippen LogP contribution is 2.36. The molecular formula is C25H27BrN2O4. The number of aliphatic hydroxyl groups is 1. The number of rotatable bonds is 10. The van der Waals surface area contributed by atoms with E-state index in [9.17, 15) is 9.90 Å². The van der Waals surface area contributed by atoms with Crippen LogP contribution in [-0.2, 0) is 11.3 Å². The minimum absolute atomic E-state index is 0.149. The fourth-order valence-corrected chi connectivity index (χ4v) is 3.74. The Bertz CT molecular complexity index is 1030. The van der Waals surface area contributed by atoms with Gasteiger partial charge in [0.25, 0.3) is 5.91 Å². The Balaban J connectivity index is 1.55. The summed E-state index contributed by atoms with van der Waals surface area (Å²) in [6, 6.07) is 20.8. The molecule has 1 amide bonds. The Morgan fingerprint density at radius 2 is 1.81 bits per heavy atom. The Kier molecular flexibility index (Phi) is 8.67. The van der Waals surface area contributed by atoms with Crippen LogP contribution >= 0.6 is 15.9 Å². The van der Waals surface area contributed by atoms with Crippen LogP contribution in [0, 0.1) is 6.92 Å². The number of hydrogen-bond donors (Lipinski definition) is 3. The molecular weight excluding hydrogens is 472 g/mol. The quantitative estimate of drug-likeness (QED) is 0.380. The zero-order chi connectivity index (χ0) is 22.9. The van der Waals surface area contributed by atoms with Crippen molar-refractivity contribution < 1.29 is 19.4 Å². The summed E-state index contributed by atoms with van der Waals surface area (Å²) in [6.07, 6.45) is -0.587. The molecule has 0 spiro atoms. The highest BCUT2D eigenvalue weighted by atomic mass is 79.9. The van der Waals surface area contributed by atoms with Gasteiger partial charge in [0.05, 0.1) is 17.7 Å². The third-order valence-electron chi connectivity index (χ3n) is 4.82. The van der Waals surface area contributed by atoms with Crippen LogP contribution in [0.3, 0.4) is 0 Å². The van der Waals surface area contributed by atoms with Crippen molar-refractivity contribution in [2.75, 3.05) is 25.6 Å². The highest BCUT2D eigenvalue weighted by molar-refractivity contribution is 9.10. The number of hydrogen-bond acceptors (Lipinski definition) is 5. The molecule has 0 heterocycles. The normalized spacial score (nSPS) is 11.6. The first-order valence-corrected chi connectivity index (χ1v) is 11.0. The summed E-state index contributed by atoms with van der Waals surface area (Å²) < 4.78 is 11.9. The second kappa shape index (κ2) is 11.7. The van der Waals surface area contributed by atoms with Gasteiger partial charge >= 0.3 is 0 Å². The number of aryl methyl sites for hydroxylation is 1. The number of halogens is 1. The number of benzene rings is 3. The zero-order valence-corrected chi connectivity index (χ0v) is 19.7. The summed E-state index contributed by atoms with van der Waals surface area (Å²) in [7, 11) is 1.55. The van der Waals surface area contributed by atoms with Crippen molar-refractivity contribution in [3.63, 3.8) is 0 Å². The van der Waals surface area contributed by atoms with E-state index in [1.54, 1.807) is 7.11 Å². The number of anilines is 1. The molecule has 3 aromatic rings. The van der Waals surface area contributed by atoms with Crippen LogP contribution in [-0.4, -0.2) is 31.3 Å². The maximum absolute atomic E-state index is 12.2. The van der Waals surface area contributed by atoms with E-state index in [0.29, 0.717) is 34.7 Å². The maximum Gasteiger partial charge on any atom is 0.262 e. The van der Waals surface area contributed by atoms with Crippen LogP contribution in [0.25, 0.3) is 0 Å². The summed E-state index contributed by atoms with van der Waals surface area (Å²) in [5.74, 6) is 0.714. The lowest BCUT2D eigenvalue weighted by atomic mass is 10.1. The van der Waals surface area contributed by atoms with Gasteiger partial charge in [-0.15, -0.1) is 0 Å². The minimum Gasteiger partial charge on any atom is -0.493 e. The van der Waals surface area contributed by atoms with Crippen LogP contribution in [0.15, 0.2) is 71.2 Å². The largest absolute Gasteiger partial charge is 0.493 e. The van der Waals surface area contributed by atoms with E-state index < -0.39 is 6.10 Å². The van der Waals surface area contributed by atoms with E-state index in [1.807, 2.05) is 73.7 Å². The molecule has 3 rings (SSSR count). The number of carbonyl (C=O) groups excluding carboxylic acids is 1. The van der Waals surface area contributed by atoms with Crippen molar-refractivity contribution in [1.29, 1.82) is 0 Å². The molecule has 1 atom stereocenters. The molecule has 0 aliphatic heterocycles. The SMILES string of the molecule is COc1cc(CNCC(O)c2ccccc2)cc(Br)c1OCC(=O)Nc1ccc(C)cc1. The number of aliphatic hydroxyl groups excluding tert-OH is 1.